The van der Waals surface area contributed by atoms with E-state index in [2.05, 4.69) is 68.7 Å². The average molecular weight is 378 g/mol. The molecule has 0 spiro atoms. The Bertz CT molecular complexity index is 718. The molecule has 0 amide bonds. The molecule has 23 heavy (non-hydrogen) atoms. The van der Waals surface area contributed by atoms with E-state index in [0.29, 0.717) is 6.54 Å². The van der Waals surface area contributed by atoms with Crippen LogP contribution in [0.1, 0.15) is 28.1 Å². The molecule has 0 bridgehead atoms. The second-order valence-corrected chi connectivity index (χ2v) is 6.54. The van der Waals surface area contributed by atoms with Gasteiger partial charge in [-0.3, -0.25) is 9.67 Å². The van der Waals surface area contributed by atoms with Crippen LogP contribution in [0, 0.1) is 20.8 Å². The van der Waals surface area contributed by atoms with Gasteiger partial charge in [0.05, 0.1) is 5.69 Å². The number of nitrogens with one attached hydrogen (secondary N) is 2. The van der Waals surface area contributed by atoms with Gasteiger partial charge in [0.1, 0.15) is 0 Å². The molecule has 1 aromatic carbocycles. The van der Waals surface area contributed by atoms with E-state index >= 15 is 0 Å². The van der Waals surface area contributed by atoms with Crippen molar-refractivity contribution in [1.82, 2.24) is 20.4 Å². The Balaban J connectivity index is 1.96. The SMILES string of the molecule is CN=C(NCc1ccc(Br)cc1C)NCc1c(C)nn(C)c1C. The van der Waals surface area contributed by atoms with Gasteiger partial charge in [0.2, 0.25) is 0 Å². The normalized spacial score (nSPS) is 11.7. The average Bonchev–Trinajstić information content (AvgIpc) is 2.74. The van der Waals surface area contributed by atoms with E-state index in [1.807, 2.05) is 18.7 Å². The van der Waals surface area contributed by atoms with Crippen LogP contribution in [0.3, 0.4) is 0 Å². The van der Waals surface area contributed by atoms with Crippen molar-refractivity contribution in [3.63, 3.8) is 0 Å². The molecule has 2 N–H and O–H groups in total. The van der Waals surface area contributed by atoms with E-state index in [1.54, 1.807) is 7.05 Å². The van der Waals surface area contributed by atoms with Crippen molar-refractivity contribution >= 4 is 21.9 Å². The highest BCUT2D eigenvalue weighted by Crippen LogP contribution is 2.15. The number of hydrogen-bond donors (Lipinski definition) is 2. The number of guanidine groups is 1. The monoisotopic (exact) mass is 377 g/mol. The third-order valence-electron chi connectivity index (χ3n) is 4.07. The Kier molecular flexibility index (Phi) is 5.82. The Morgan fingerprint density at radius 1 is 1.22 bits per heavy atom. The summed E-state index contributed by atoms with van der Waals surface area (Å²) in [6.45, 7) is 7.68. The minimum absolute atomic E-state index is 0.713. The predicted octanol–water partition coefficient (Wildman–Crippen LogP) is 2.97. The smallest absolute Gasteiger partial charge is 0.191 e. The minimum Gasteiger partial charge on any atom is -0.352 e. The molecule has 0 unspecified atom stereocenters. The fourth-order valence-corrected chi connectivity index (χ4v) is 2.98. The van der Waals surface area contributed by atoms with Gasteiger partial charge in [-0.15, -0.1) is 0 Å². The number of rotatable bonds is 4. The summed E-state index contributed by atoms with van der Waals surface area (Å²) >= 11 is 3.49. The highest BCUT2D eigenvalue weighted by Gasteiger charge is 2.09. The maximum absolute atomic E-state index is 4.44. The van der Waals surface area contributed by atoms with Gasteiger partial charge in [-0.25, -0.2) is 0 Å². The molecular weight excluding hydrogens is 354 g/mol. The molecule has 124 valence electrons. The maximum atomic E-state index is 4.44. The number of hydrogen-bond acceptors (Lipinski definition) is 2. The summed E-state index contributed by atoms with van der Waals surface area (Å²) < 4.78 is 3.01. The highest BCUT2D eigenvalue weighted by atomic mass is 79.9. The van der Waals surface area contributed by atoms with E-state index in [-0.39, 0.29) is 0 Å². The van der Waals surface area contributed by atoms with Gasteiger partial charge in [0.15, 0.2) is 5.96 Å². The lowest BCUT2D eigenvalue weighted by molar-refractivity contribution is 0.728. The van der Waals surface area contributed by atoms with Crippen LogP contribution >= 0.6 is 15.9 Å². The van der Waals surface area contributed by atoms with Crippen molar-refractivity contribution in [2.75, 3.05) is 7.05 Å². The molecule has 0 saturated carbocycles. The van der Waals surface area contributed by atoms with Gasteiger partial charge in [0.25, 0.3) is 0 Å². The number of benzene rings is 1. The molecule has 0 aliphatic rings. The molecule has 0 radical (unpaired) electrons. The number of aromatic nitrogens is 2. The molecule has 0 aliphatic heterocycles. The van der Waals surface area contributed by atoms with Crippen molar-refractivity contribution in [2.24, 2.45) is 12.0 Å². The van der Waals surface area contributed by atoms with Crippen LogP contribution in [-0.4, -0.2) is 22.8 Å². The highest BCUT2D eigenvalue weighted by molar-refractivity contribution is 9.10. The Hall–Kier alpha value is -1.82. The molecule has 1 aromatic heterocycles. The Morgan fingerprint density at radius 2 is 1.91 bits per heavy atom. The molecule has 5 nitrogen and oxygen atoms in total. The molecule has 6 heteroatoms. The van der Waals surface area contributed by atoms with Gasteiger partial charge in [0, 0.05) is 42.9 Å². The van der Waals surface area contributed by atoms with Crippen LogP contribution < -0.4 is 10.6 Å². The largest absolute Gasteiger partial charge is 0.352 e. The van der Waals surface area contributed by atoms with Gasteiger partial charge >= 0.3 is 0 Å². The number of aliphatic imine (C=N–C) groups is 1. The zero-order chi connectivity index (χ0) is 17.0. The molecule has 0 saturated heterocycles. The third kappa shape index (κ3) is 4.34. The zero-order valence-corrected chi connectivity index (χ0v) is 16.0. The van der Waals surface area contributed by atoms with Crippen LogP contribution in [0.5, 0.6) is 0 Å². The second-order valence-electron chi connectivity index (χ2n) is 5.62. The summed E-state index contributed by atoms with van der Waals surface area (Å²) in [5.41, 5.74) is 5.95. The predicted molar refractivity (Wildman–Crippen MR) is 98.6 cm³/mol. The summed E-state index contributed by atoms with van der Waals surface area (Å²) in [7, 11) is 3.75. The molecule has 0 atom stereocenters. The van der Waals surface area contributed by atoms with Gasteiger partial charge in [-0.2, -0.15) is 5.10 Å². The first-order valence-electron chi connectivity index (χ1n) is 7.61. The Labute approximate surface area is 146 Å². The standard InChI is InChI=1S/C17H24BrN5/c1-11-8-15(18)7-6-14(11)9-20-17(19-4)21-10-16-12(2)22-23(5)13(16)3/h6-8H,9-10H2,1-5H3,(H2,19,20,21). The number of halogens is 1. The second kappa shape index (κ2) is 7.64. The van der Waals surface area contributed by atoms with Crippen LogP contribution in [0.4, 0.5) is 0 Å². The molecule has 0 aliphatic carbocycles. The lowest BCUT2D eigenvalue weighted by Crippen LogP contribution is -2.36. The van der Waals surface area contributed by atoms with E-state index in [0.717, 1.165) is 22.7 Å². The molecule has 2 rings (SSSR count). The first-order chi connectivity index (χ1) is 10.9. The van der Waals surface area contributed by atoms with E-state index in [1.165, 1.54) is 22.4 Å². The van der Waals surface area contributed by atoms with Crippen LogP contribution in [0.15, 0.2) is 27.7 Å². The molecule has 1 heterocycles. The fraction of sp³-hybridized carbons (Fsp3) is 0.412. The first kappa shape index (κ1) is 17.5. The minimum atomic E-state index is 0.713. The fourth-order valence-electron chi connectivity index (χ4n) is 2.50. The van der Waals surface area contributed by atoms with Crippen molar-refractivity contribution in [1.29, 1.82) is 0 Å². The Morgan fingerprint density at radius 3 is 2.48 bits per heavy atom. The zero-order valence-electron chi connectivity index (χ0n) is 14.4. The van der Waals surface area contributed by atoms with Gasteiger partial charge in [-0.1, -0.05) is 22.0 Å². The summed E-state index contributed by atoms with van der Waals surface area (Å²) in [6.07, 6.45) is 0. The third-order valence-corrected chi connectivity index (χ3v) is 4.56. The van der Waals surface area contributed by atoms with Crippen molar-refractivity contribution in [2.45, 2.75) is 33.9 Å². The van der Waals surface area contributed by atoms with Crippen molar-refractivity contribution in [3.05, 3.63) is 50.8 Å². The van der Waals surface area contributed by atoms with E-state index in [4.69, 9.17) is 0 Å². The van der Waals surface area contributed by atoms with Crippen LogP contribution in [0.25, 0.3) is 0 Å². The van der Waals surface area contributed by atoms with Crippen molar-refractivity contribution < 1.29 is 0 Å². The topological polar surface area (TPSA) is 54.2 Å². The number of nitrogens with zero attached hydrogens (tertiary/aromatic N) is 3. The van der Waals surface area contributed by atoms with E-state index < -0.39 is 0 Å². The summed E-state index contributed by atoms with van der Waals surface area (Å²) in [5, 5.41) is 11.2. The molecular formula is C17H24BrN5. The van der Waals surface area contributed by atoms with Crippen LogP contribution in [0.2, 0.25) is 0 Å². The number of aryl methyl sites for hydroxylation is 3. The quantitative estimate of drug-likeness (QED) is 0.635. The maximum Gasteiger partial charge on any atom is 0.191 e. The molecule has 2 aromatic rings. The lowest BCUT2D eigenvalue weighted by Gasteiger charge is -2.13. The van der Waals surface area contributed by atoms with Gasteiger partial charge < -0.3 is 10.6 Å². The van der Waals surface area contributed by atoms with Crippen molar-refractivity contribution in [3.8, 4) is 0 Å². The van der Waals surface area contributed by atoms with Gasteiger partial charge in [-0.05, 0) is 44.0 Å². The van der Waals surface area contributed by atoms with E-state index in [9.17, 15) is 0 Å². The first-order valence-corrected chi connectivity index (χ1v) is 8.40. The summed E-state index contributed by atoms with van der Waals surface area (Å²) in [4.78, 5) is 4.29. The summed E-state index contributed by atoms with van der Waals surface area (Å²) in [5.74, 6) is 0.787. The summed E-state index contributed by atoms with van der Waals surface area (Å²) in [6, 6.07) is 6.30. The molecule has 0 fully saturated rings. The van der Waals surface area contributed by atoms with Crippen LogP contribution in [-0.2, 0) is 20.1 Å². The lowest BCUT2D eigenvalue weighted by atomic mass is 10.1.